The summed E-state index contributed by atoms with van der Waals surface area (Å²) in [5.41, 5.74) is 3.55. The molecule has 1 aliphatic rings. The van der Waals surface area contributed by atoms with Gasteiger partial charge in [0.25, 0.3) is 0 Å². The van der Waals surface area contributed by atoms with Crippen LogP contribution in [0.4, 0.5) is 17.3 Å². The lowest BCUT2D eigenvalue weighted by molar-refractivity contribution is 0.653. The van der Waals surface area contributed by atoms with Crippen molar-refractivity contribution in [2.24, 2.45) is 0 Å². The minimum atomic E-state index is 0.271. The van der Waals surface area contributed by atoms with E-state index in [4.69, 9.17) is 4.42 Å². The number of benzene rings is 1. The molecule has 0 saturated carbocycles. The molecule has 0 unspecified atom stereocenters. The Hall–Kier alpha value is -3.15. The fourth-order valence-corrected chi connectivity index (χ4v) is 3.51. The van der Waals surface area contributed by atoms with Crippen LogP contribution in [0.2, 0.25) is 0 Å². The molecule has 0 atom stereocenters. The van der Waals surface area contributed by atoms with E-state index in [9.17, 15) is 0 Å². The van der Waals surface area contributed by atoms with Crippen LogP contribution in [-0.4, -0.2) is 21.0 Å². The third-order valence-corrected chi connectivity index (χ3v) is 4.76. The van der Waals surface area contributed by atoms with Crippen molar-refractivity contribution in [2.75, 3.05) is 9.80 Å². The maximum atomic E-state index is 6.15. The summed E-state index contributed by atoms with van der Waals surface area (Å²) >= 11 is 0. The van der Waals surface area contributed by atoms with Gasteiger partial charge < -0.3 is 9.32 Å². The van der Waals surface area contributed by atoms with Gasteiger partial charge in [0.2, 0.25) is 5.71 Å². The number of aromatic nitrogens is 3. The molecule has 0 amide bonds. The van der Waals surface area contributed by atoms with Crippen LogP contribution in [0, 0.1) is 13.6 Å². The van der Waals surface area contributed by atoms with Gasteiger partial charge in [-0.1, -0.05) is 12.1 Å². The normalized spacial score (nSPS) is 14.0. The monoisotopic (exact) mass is 344 g/mol. The van der Waals surface area contributed by atoms with Crippen molar-refractivity contribution < 1.29 is 4.42 Å². The maximum Gasteiger partial charge on any atom is 0.227 e. The second-order valence-electron chi connectivity index (χ2n) is 6.76. The summed E-state index contributed by atoms with van der Waals surface area (Å²) in [6.07, 6.45) is 5.20. The van der Waals surface area contributed by atoms with Gasteiger partial charge in [0.05, 0.1) is 5.69 Å². The number of hydrogen-bond acceptors (Lipinski definition) is 6. The SMILES string of the molecule is Cc1ccc2c(oc3ncccc32)c1N1[CH]N(C(C)C)c2nccnc21. The standard InChI is InChI=1S/C20H18N5O/c1-12(2)24-11-25(19-18(24)21-9-10-22-19)16-13(3)6-7-14-15-5-4-8-23-20(15)26-17(14)16/h4-12H,1-3H3. The van der Waals surface area contributed by atoms with E-state index < -0.39 is 0 Å². The second kappa shape index (κ2) is 5.42. The van der Waals surface area contributed by atoms with Gasteiger partial charge in [-0.2, -0.15) is 0 Å². The number of aryl methyl sites for hydroxylation is 1. The molecule has 4 aromatic rings. The van der Waals surface area contributed by atoms with Crippen LogP contribution in [0.3, 0.4) is 0 Å². The van der Waals surface area contributed by atoms with E-state index in [1.165, 1.54) is 0 Å². The largest absolute Gasteiger partial charge is 0.435 e. The minimum Gasteiger partial charge on any atom is -0.435 e. The second-order valence-corrected chi connectivity index (χ2v) is 6.76. The Labute approximate surface area is 151 Å². The van der Waals surface area contributed by atoms with Gasteiger partial charge in [-0.15, -0.1) is 0 Å². The van der Waals surface area contributed by atoms with Gasteiger partial charge in [-0.25, -0.2) is 15.0 Å². The predicted octanol–water partition coefficient (Wildman–Crippen LogP) is 4.57. The minimum absolute atomic E-state index is 0.271. The number of pyridine rings is 1. The number of fused-ring (bicyclic) bond motifs is 4. The summed E-state index contributed by atoms with van der Waals surface area (Å²) in [4.78, 5) is 17.7. The van der Waals surface area contributed by atoms with Crippen LogP contribution < -0.4 is 9.80 Å². The van der Waals surface area contributed by atoms with Crippen molar-refractivity contribution in [1.29, 1.82) is 0 Å². The van der Waals surface area contributed by atoms with Crippen LogP contribution >= 0.6 is 0 Å². The smallest absolute Gasteiger partial charge is 0.227 e. The first-order valence-electron chi connectivity index (χ1n) is 8.65. The highest BCUT2D eigenvalue weighted by atomic mass is 16.3. The highest BCUT2D eigenvalue weighted by molar-refractivity contribution is 6.09. The first-order chi connectivity index (χ1) is 12.6. The molecular weight excluding hydrogens is 326 g/mol. The molecule has 1 aliphatic heterocycles. The molecule has 5 rings (SSSR count). The predicted molar refractivity (Wildman–Crippen MR) is 102 cm³/mol. The Kier molecular flexibility index (Phi) is 3.16. The van der Waals surface area contributed by atoms with Gasteiger partial charge in [0.1, 0.15) is 6.67 Å². The van der Waals surface area contributed by atoms with Crippen LogP contribution in [-0.2, 0) is 0 Å². The average molecular weight is 344 g/mol. The Morgan fingerprint density at radius 3 is 2.54 bits per heavy atom. The molecule has 0 fully saturated rings. The fourth-order valence-electron chi connectivity index (χ4n) is 3.51. The van der Waals surface area contributed by atoms with Gasteiger partial charge in [0.15, 0.2) is 17.2 Å². The van der Waals surface area contributed by atoms with Crippen molar-refractivity contribution in [1.82, 2.24) is 15.0 Å². The van der Waals surface area contributed by atoms with Gasteiger partial charge in [-0.05, 0) is 38.5 Å². The summed E-state index contributed by atoms with van der Waals surface area (Å²) in [6.45, 7) is 8.41. The molecule has 1 aromatic carbocycles. The first kappa shape index (κ1) is 15.1. The lowest BCUT2D eigenvalue weighted by Crippen LogP contribution is -2.29. The van der Waals surface area contributed by atoms with Crippen LogP contribution in [0.5, 0.6) is 0 Å². The molecule has 4 heterocycles. The maximum absolute atomic E-state index is 6.15. The van der Waals surface area contributed by atoms with E-state index in [0.717, 1.165) is 39.2 Å². The van der Waals surface area contributed by atoms with Gasteiger partial charge in [0, 0.05) is 35.4 Å². The quantitative estimate of drug-likeness (QED) is 0.531. The van der Waals surface area contributed by atoms with Crippen molar-refractivity contribution in [3.63, 3.8) is 0 Å². The number of anilines is 3. The molecule has 26 heavy (non-hydrogen) atoms. The average Bonchev–Trinajstić information content (AvgIpc) is 3.20. The summed E-state index contributed by atoms with van der Waals surface area (Å²) in [6, 6.07) is 8.44. The van der Waals surface area contributed by atoms with Crippen molar-refractivity contribution in [3.8, 4) is 0 Å². The summed E-state index contributed by atoms with van der Waals surface area (Å²) in [5, 5.41) is 2.07. The van der Waals surface area contributed by atoms with E-state index in [2.05, 4.69) is 64.3 Å². The van der Waals surface area contributed by atoms with Gasteiger partial charge in [-0.3, -0.25) is 4.90 Å². The molecule has 0 saturated heterocycles. The van der Waals surface area contributed by atoms with E-state index in [-0.39, 0.29) is 6.04 Å². The van der Waals surface area contributed by atoms with Crippen LogP contribution in [0.25, 0.3) is 22.1 Å². The number of hydrogen-bond donors (Lipinski definition) is 0. The molecule has 6 heteroatoms. The highest BCUT2D eigenvalue weighted by Gasteiger charge is 2.34. The zero-order valence-electron chi connectivity index (χ0n) is 14.8. The highest BCUT2D eigenvalue weighted by Crippen LogP contribution is 2.45. The molecule has 0 N–H and O–H groups in total. The van der Waals surface area contributed by atoms with Crippen LogP contribution in [0.1, 0.15) is 19.4 Å². The Morgan fingerprint density at radius 2 is 1.73 bits per heavy atom. The van der Waals surface area contributed by atoms with Crippen molar-refractivity contribution >= 4 is 39.4 Å². The summed E-state index contributed by atoms with van der Waals surface area (Å²) in [5.74, 6) is 1.67. The molecular formula is C20H18N5O. The summed E-state index contributed by atoms with van der Waals surface area (Å²) in [7, 11) is 0. The van der Waals surface area contributed by atoms with Crippen molar-refractivity contribution in [2.45, 2.75) is 26.8 Å². The summed E-state index contributed by atoms with van der Waals surface area (Å²) < 4.78 is 6.15. The zero-order valence-corrected chi connectivity index (χ0v) is 14.8. The molecule has 1 radical (unpaired) electrons. The van der Waals surface area contributed by atoms with E-state index in [0.29, 0.717) is 5.71 Å². The Morgan fingerprint density at radius 1 is 0.923 bits per heavy atom. The fraction of sp³-hybridized carbons (Fsp3) is 0.200. The van der Waals surface area contributed by atoms with Crippen LogP contribution in [0.15, 0.2) is 47.3 Å². The molecule has 129 valence electrons. The first-order valence-corrected chi connectivity index (χ1v) is 8.65. The van der Waals surface area contributed by atoms with E-state index >= 15 is 0 Å². The number of nitrogens with zero attached hydrogens (tertiary/aromatic N) is 5. The molecule has 0 spiro atoms. The lowest BCUT2D eigenvalue weighted by atomic mass is 10.1. The third kappa shape index (κ3) is 2.02. The molecule has 3 aromatic heterocycles. The topological polar surface area (TPSA) is 58.3 Å². The Bertz CT molecular complexity index is 1130. The molecule has 0 aliphatic carbocycles. The number of rotatable bonds is 2. The van der Waals surface area contributed by atoms with Gasteiger partial charge >= 0.3 is 0 Å². The lowest BCUT2D eigenvalue weighted by Gasteiger charge is -2.23. The zero-order chi connectivity index (χ0) is 17.8. The third-order valence-electron chi connectivity index (χ3n) is 4.76. The van der Waals surface area contributed by atoms with E-state index in [1.54, 1.807) is 18.6 Å². The Balaban J connectivity index is 1.78. The van der Waals surface area contributed by atoms with E-state index in [1.807, 2.05) is 12.1 Å². The number of furan rings is 1. The van der Waals surface area contributed by atoms with Crippen molar-refractivity contribution in [3.05, 3.63) is 55.1 Å². The molecule has 6 nitrogen and oxygen atoms in total. The molecule has 0 bridgehead atoms.